The Balaban J connectivity index is 0.00000178. The number of aryl methyl sites for hydroxylation is 1. The molecule has 1 rings (SSSR count). The zero-order valence-electron chi connectivity index (χ0n) is 15.5. The van der Waals surface area contributed by atoms with Gasteiger partial charge in [0.1, 0.15) is 0 Å². The molecule has 2 N–H and O–H groups in total. The van der Waals surface area contributed by atoms with Crippen LogP contribution in [0.1, 0.15) is 32.3 Å². The molecule has 25 heavy (non-hydrogen) atoms. The summed E-state index contributed by atoms with van der Waals surface area (Å²) < 4.78 is 7.47. The van der Waals surface area contributed by atoms with E-state index in [1.165, 1.54) is 30.4 Å². The number of anilines is 1. The van der Waals surface area contributed by atoms with E-state index in [2.05, 4.69) is 35.1 Å². The highest BCUT2D eigenvalue weighted by Crippen LogP contribution is 2.22. The summed E-state index contributed by atoms with van der Waals surface area (Å²) in [5, 5.41) is 8.89. The molecule has 4 nitrogen and oxygen atoms in total. The highest BCUT2D eigenvalue weighted by atomic mass is 32.2. The van der Waals surface area contributed by atoms with Gasteiger partial charge in [0.05, 0.1) is 5.57 Å². The lowest BCUT2D eigenvalue weighted by atomic mass is 10.1. The number of aliphatic carboxylic acids is 1. The van der Waals surface area contributed by atoms with Gasteiger partial charge in [0, 0.05) is 24.8 Å². The Labute approximate surface area is 155 Å². The summed E-state index contributed by atoms with van der Waals surface area (Å²) in [4.78, 5) is 11.6. The van der Waals surface area contributed by atoms with Crippen molar-refractivity contribution in [3.8, 4) is 0 Å². The van der Waals surface area contributed by atoms with E-state index in [1.54, 1.807) is 20.3 Å². The number of hydrogen-bond donors (Lipinski definition) is 2. The lowest BCUT2D eigenvalue weighted by Crippen LogP contribution is -1.96. The number of carboxylic acid groups (broad SMARTS) is 1. The van der Waals surface area contributed by atoms with Crippen LogP contribution in [0.5, 0.6) is 0 Å². The molecule has 0 saturated heterocycles. The van der Waals surface area contributed by atoms with Crippen molar-refractivity contribution in [3.63, 3.8) is 0 Å². The quantitative estimate of drug-likeness (QED) is 0.347. The Kier molecular flexibility index (Phi) is 13.2. The topological polar surface area (TPSA) is 58.6 Å². The monoisotopic (exact) mass is 363 g/mol. The number of benzene rings is 1. The molecule has 5 heteroatoms. The second-order valence-electron chi connectivity index (χ2n) is 5.29. The number of methoxy groups -OCH3 is 1. The summed E-state index contributed by atoms with van der Waals surface area (Å²) >= 11 is 1.37. The van der Waals surface area contributed by atoms with Crippen molar-refractivity contribution in [3.05, 3.63) is 65.1 Å². The molecule has 0 amide bonds. The van der Waals surface area contributed by atoms with Gasteiger partial charge in [-0.1, -0.05) is 44.2 Å². The average Bonchev–Trinajstić information content (AvgIpc) is 2.59. The zero-order chi connectivity index (χ0) is 19.1. The minimum Gasteiger partial charge on any atom is -0.478 e. The molecule has 0 heterocycles. The highest BCUT2D eigenvalue weighted by molar-refractivity contribution is 8.04. The molecule has 138 valence electrons. The largest absolute Gasteiger partial charge is 0.478 e. The molecule has 0 radical (unpaired) electrons. The molecule has 0 saturated carbocycles. The van der Waals surface area contributed by atoms with Gasteiger partial charge in [-0.2, -0.15) is 0 Å². The maximum absolute atomic E-state index is 10.8. The van der Waals surface area contributed by atoms with Crippen LogP contribution in [0.25, 0.3) is 0 Å². The van der Waals surface area contributed by atoms with Crippen molar-refractivity contribution in [2.45, 2.75) is 33.1 Å². The second kappa shape index (κ2) is 14.4. The van der Waals surface area contributed by atoms with E-state index in [1.807, 2.05) is 31.2 Å². The Morgan fingerprint density at radius 2 is 1.92 bits per heavy atom. The van der Waals surface area contributed by atoms with Crippen LogP contribution in [0.15, 0.2) is 59.6 Å². The molecule has 0 aliphatic rings. The first kappa shape index (κ1) is 23.0. The summed E-state index contributed by atoms with van der Waals surface area (Å²) in [7, 11) is 3.25. The molecule has 0 aliphatic heterocycles. The van der Waals surface area contributed by atoms with E-state index in [0.29, 0.717) is 0 Å². The van der Waals surface area contributed by atoms with Crippen LogP contribution >= 0.6 is 11.9 Å². The van der Waals surface area contributed by atoms with Gasteiger partial charge in [-0.05, 0) is 55.5 Å². The van der Waals surface area contributed by atoms with Crippen molar-refractivity contribution in [2.75, 3.05) is 18.9 Å². The van der Waals surface area contributed by atoms with E-state index in [4.69, 9.17) is 5.11 Å². The molecule has 0 atom stereocenters. The lowest BCUT2D eigenvalue weighted by molar-refractivity contribution is -0.132. The standard InChI is InChI=1S/C18H23NO2S.C2H6O/c1-4-6-8-15-9-11-16(12-10-15)19-22-17(7-5-2)13-14(3)18(20)21;1-3-2/h5,7,9-13,19H,3-4,6,8H2,1-2H3,(H,20,21);1-2H3/b7-5-,17-13+;. The summed E-state index contributed by atoms with van der Waals surface area (Å²) in [6.45, 7) is 7.60. The van der Waals surface area contributed by atoms with Crippen molar-refractivity contribution in [1.29, 1.82) is 0 Å². The first-order chi connectivity index (χ1) is 12.0. The third kappa shape index (κ3) is 11.2. The second-order valence-corrected chi connectivity index (χ2v) is 6.17. The number of rotatable bonds is 9. The molecule has 1 aromatic carbocycles. The Morgan fingerprint density at radius 3 is 2.40 bits per heavy atom. The summed E-state index contributed by atoms with van der Waals surface area (Å²) in [5.74, 6) is -1.01. The number of allylic oxidation sites excluding steroid dienone is 2. The van der Waals surface area contributed by atoms with E-state index < -0.39 is 5.97 Å². The van der Waals surface area contributed by atoms with Crippen molar-refractivity contribution in [2.24, 2.45) is 0 Å². The van der Waals surface area contributed by atoms with Crippen molar-refractivity contribution < 1.29 is 14.6 Å². The normalized spacial score (nSPS) is 11.0. The average molecular weight is 364 g/mol. The maximum atomic E-state index is 10.8. The predicted octanol–water partition coefficient (Wildman–Crippen LogP) is 5.45. The number of carbonyl (C=O) groups is 1. The third-order valence-corrected chi connectivity index (χ3v) is 3.81. The molecule has 0 unspecified atom stereocenters. The van der Waals surface area contributed by atoms with Crippen LogP contribution < -0.4 is 4.72 Å². The van der Waals surface area contributed by atoms with Gasteiger partial charge in [0.2, 0.25) is 0 Å². The molecule has 0 spiro atoms. The zero-order valence-corrected chi connectivity index (χ0v) is 16.4. The van der Waals surface area contributed by atoms with Crippen LogP contribution in [0.3, 0.4) is 0 Å². The fourth-order valence-electron chi connectivity index (χ4n) is 1.75. The van der Waals surface area contributed by atoms with Crippen LogP contribution in [0, 0.1) is 0 Å². The van der Waals surface area contributed by atoms with E-state index >= 15 is 0 Å². The van der Waals surface area contributed by atoms with E-state index in [9.17, 15) is 4.79 Å². The van der Waals surface area contributed by atoms with Gasteiger partial charge in [-0.15, -0.1) is 0 Å². The molecule has 1 aromatic rings. The third-order valence-electron chi connectivity index (χ3n) is 2.98. The Bertz CT molecular complexity index is 577. The van der Waals surface area contributed by atoms with Gasteiger partial charge in [0.15, 0.2) is 0 Å². The minimum atomic E-state index is -1.01. The first-order valence-corrected chi connectivity index (χ1v) is 8.98. The molecule has 0 bridgehead atoms. The maximum Gasteiger partial charge on any atom is 0.335 e. The molecular weight excluding hydrogens is 334 g/mol. The number of unbranched alkanes of at least 4 members (excludes halogenated alkanes) is 1. The highest BCUT2D eigenvalue weighted by Gasteiger charge is 2.03. The smallest absolute Gasteiger partial charge is 0.335 e. The Morgan fingerprint density at radius 1 is 1.32 bits per heavy atom. The number of carboxylic acids is 1. The predicted molar refractivity (Wildman–Crippen MR) is 109 cm³/mol. The first-order valence-electron chi connectivity index (χ1n) is 8.16. The van der Waals surface area contributed by atoms with Gasteiger partial charge in [0.25, 0.3) is 0 Å². The Hall–Kier alpha value is -1.98. The number of nitrogens with one attached hydrogen (secondary N) is 1. The summed E-state index contributed by atoms with van der Waals surface area (Å²) in [6, 6.07) is 8.32. The van der Waals surface area contributed by atoms with Crippen LogP contribution in [-0.2, 0) is 16.0 Å². The van der Waals surface area contributed by atoms with Crippen LogP contribution in [-0.4, -0.2) is 25.3 Å². The summed E-state index contributed by atoms with van der Waals surface area (Å²) in [5.41, 5.74) is 2.39. The fourth-order valence-corrected chi connectivity index (χ4v) is 2.52. The SMILES string of the molecule is C=C(/C=C(\C=C/C)SNc1ccc(CCCC)cc1)C(=O)O.COC. The van der Waals surface area contributed by atoms with Crippen LogP contribution in [0.2, 0.25) is 0 Å². The molecule has 0 aliphatic carbocycles. The minimum absolute atomic E-state index is 0.0670. The van der Waals surface area contributed by atoms with Crippen molar-refractivity contribution >= 4 is 23.6 Å². The summed E-state index contributed by atoms with van der Waals surface area (Å²) in [6.07, 6.45) is 8.76. The van der Waals surface area contributed by atoms with Crippen molar-refractivity contribution in [1.82, 2.24) is 0 Å². The lowest BCUT2D eigenvalue weighted by Gasteiger charge is -2.07. The van der Waals surface area contributed by atoms with Gasteiger partial charge in [-0.25, -0.2) is 4.79 Å². The van der Waals surface area contributed by atoms with E-state index in [-0.39, 0.29) is 5.57 Å². The van der Waals surface area contributed by atoms with Gasteiger partial charge in [-0.3, -0.25) is 0 Å². The number of ether oxygens (including phenoxy) is 1. The molecular formula is C20H29NO3S. The number of hydrogen-bond acceptors (Lipinski definition) is 4. The van der Waals surface area contributed by atoms with Crippen LogP contribution in [0.4, 0.5) is 5.69 Å². The van der Waals surface area contributed by atoms with E-state index in [0.717, 1.165) is 17.0 Å². The van der Waals surface area contributed by atoms with Gasteiger partial charge >= 0.3 is 5.97 Å². The molecule has 0 fully saturated rings. The molecule has 0 aromatic heterocycles. The van der Waals surface area contributed by atoms with Gasteiger partial charge < -0.3 is 14.6 Å². The fraction of sp³-hybridized carbons (Fsp3) is 0.350.